The van der Waals surface area contributed by atoms with Crippen molar-refractivity contribution in [2.24, 2.45) is 11.3 Å². The van der Waals surface area contributed by atoms with Crippen LogP contribution in [0.5, 0.6) is 0 Å². The van der Waals surface area contributed by atoms with Gasteiger partial charge in [0.25, 0.3) is 0 Å². The molecule has 0 N–H and O–H groups in total. The van der Waals surface area contributed by atoms with Crippen LogP contribution in [0.4, 0.5) is 5.69 Å². The third kappa shape index (κ3) is 3.30. The molecule has 0 aromatic heterocycles. The number of rotatable bonds is 1. The van der Waals surface area contributed by atoms with Crippen molar-refractivity contribution >= 4 is 21.6 Å². The van der Waals surface area contributed by atoms with E-state index < -0.39 is 0 Å². The van der Waals surface area contributed by atoms with Gasteiger partial charge in [0.2, 0.25) is 0 Å². The van der Waals surface area contributed by atoms with Crippen molar-refractivity contribution in [1.29, 1.82) is 5.26 Å². The van der Waals surface area contributed by atoms with Gasteiger partial charge in [-0.2, -0.15) is 5.26 Å². The molecule has 1 aliphatic heterocycles. The topological polar surface area (TPSA) is 27.0 Å². The highest BCUT2D eigenvalue weighted by molar-refractivity contribution is 9.10. The molecule has 0 atom stereocenters. The molecule has 102 valence electrons. The molecule has 0 radical (unpaired) electrons. The van der Waals surface area contributed by atoms with Crippen LogP contribution in [0.2, 0.25) is 0 Å². The standard InChI is InChI=1S/C16H21BrN2/c1-16(2,3)13-6-8-19(9-7-13)15-10-14(17)5-4-12(15)11-18/h4-5,10,13H,6-9H2,1-3H3. The molecule has 0 amide bonds. The molecular weight excluding hydrogens is 300 g/mol. The van der Waals surface area contributed by atoms with Crippen LogP contribution >= 0.6 is 15.9 Å². The monoisotopic (exact) mass is 320 g/mol. The van der Waals surface area contributed by atoms with Crippen LogP contribution in [0, 0.1) is 22.7 Å². The number of halogens is 1. The second-order valence-electron chi connectivity index (χ2n) is 6.40. The number of nitriles is 1. The molecule has 2 rings (SSSR count). The minimum absolute atomic E-state index is 0.390. The van der Waals surface area contributed by atoms with Crippen LogP contribution in [-0.2, 0) is 0 Å². The van der Waals surface area contributed by atoms with E-state index >= 15 is 0 Å². The zero-order valence-corrected chi connectivity index (χ0v) is 13.5. The average molecular weight is 321 g/mol. The van der Waals surface area contributed by atoms with E-state index in [9.17, 15) is 5.26 Å². The second-order valence-corrected chi connectivity index (χ2v) is 7.32. The van der Waals surface area contributed by atoms with E-state index in [0.29, 0.717) is 5.41 Å². The lowest BCUT2D eigenvalue weighted by Gasteiger charge is -2.40. The Bertz CT molecular complexity index is 488. The molecule has 0 bridgehead atoms. The number of hydrogen-bond donors (Lipinski definition) is 0. The van der Waals surface area contributed by atoms with E-state index in [-0.39, 0.29) is 0 Å². The summed E-state index contributed by atoms with van der Waals surface area (Å²) in [5.74, 6) is 0.779. The maximum atomic E-state index is 9.23. The van der Waals surface area contributed by atoms with Crippen LogP contribution in [-0.4, -0.2) is 13.1 Å². The predicted octanol–water partition coefficient (Wildman–Crippen LogP) is 4.58. The molecule has 1 aromatic carbocycles. The Morgan fingerprint density at radius 3 is 2.42 bits per heavy atom. The van der Waals surface area contributed by atoms with E-state index in [2.05, 4.69) is 53.7 Å². The van der Waals surface area contributed by atoms with Crippen LogP contribution in [0.25, 0.3) is 0 Å². The Hall–Kier alpha value is -1.01. The molecule has 3 heteroatoms. The molecule has 2 nitrogen and oxygen atoms in total. The van der Waals surface area contributed by atoms with Gasteiger partial charge in [-0.25, -0.2) is 0 Å². The predicted molar refractivity (Wildman–Crippen MR) is 83.2 cm³/mol. The summed E-state index contributed by atoms with van der Waals surface area (Å²) >= 11 is 3.50. The summed E-state index contributed by atoms with van der Waals surface area (Å²) in [5, 5.41) is 9.23. The molecule has 0 unspecified atom stereocenters. The molecule has 19 heavy (non-hydrogen) atoms. The fraction of sp³-hybridized carbons (Fsp3) is 0.562. The Balaban J connectivity index is 2.14. The highest BCUT2D eigenvalue weighted by atomic mass is 79.9. The van der Waals surface area contributed by atoms with Crippen LogP contribution in [0.3, 0.4) is 0 Å². The van der Waals surface area contributed by atoms with Crippen molar-refractivity contribution < 1.29 is 0 Å². The van der Waals surface area contributed by atoms with Gasteiger partial charge in [0.05, 0.1) is 11.3 Å². The summed E-state index contributed by atoms with van der Waals surface area (Å²) in [6, 6.07) is 8.20. The molecule has 0 aliphatic carbocycles. The minimum atomic E-state index is 0.390. The van der Waals surface area contributed by atoms with E-state index in [0.717, 1.165) is 34.7 Å². The first kappa shape index (κ1) is 14.4. The van der Waals surface area contributed by atoms with Gasteiger partial charge in [-0.15, -0.1) is 0 Å². The van der Waals surface area contributed by atoms with Crippen LogP contribution in [0.15, 0.2) is 22.7 Å². The molecular formula is C16H21BrN2. The summed E-state index contributed by atoms with van der Waals surface area (Å²) in [6.45, 7) is 9.08. The first-order chi connectivity index (χ1) is 8.91. The fourth-order valence-corrected chi connectivity index (χ4v) is 3.20. The van der Waals surface area contributed by atoms with Crippen LogP contribution in [0.1, 0.15) is 39.2 Å². The Morgan fingerprint density at radius 2 is 1.89 bits per heavy atom. The quantitative estimate of drug-likeness (QED) is 0.757. The average Bonchev–Trinajstić information content (AvgIpc) is 2.38. The lowest BCUT2D eigenvalue weighted by molar-refractivity contribution is 0.199. The Labute approximate surface area is 124 Å². The largest absolute Gasteiger partial charge is 0.370 e. The summed E-state index contributed by atoms with van der Waals surface area (Å²) in [7, 11) is 0. The van der Waals surface area contributed by atoms with Gasteiger partial charge in [0.1, 0.15) is 6.07 Å². The van der Waals surface area contributed by atoms with Crippen molar-refractivity contribution in [3.05, 3.63) is 28.2 Å². The van der Waals surface area contributed by atoms with Gasteiger partial charge in [-0.05, 0) is 42.4 Å². The van der Waals surface area contributed by atoms with Gasteiger partial charge in [-0.3, -0.25) is 0 Å². The maximum absolute atomic E-state index is 9.23. The Morgan fingerprint density at radius 1 is 1.26 bits per heavy atom. The van der Waals surface area contributed by atoms with E-state index in [1.807, 2.05) is 12.1 Å². The highest BCUT2D eigenvalue weighted by Gasteiger charge is 2.29. The van der Waals surface area contributed by atoms with E-state index in [1.54, 1.807) is 0 Å². The Kier molecular flexibility index (Phi) is 4.20. The van der Waals surface area contributed by atoms with Crippen LogP contribution < -0.4 is 4.90 Å². The highest BCUT2D eigenvalue weighted by Crippen LogP contribution is 2.36. The van der Waals surface area contributed by atoms with Gasteiger partial charge in [0.15, 0.2) is 0 Å². The van der Waals surface area contributed by atoms with Gasteiger partial charge >= 0.3 is 0 Å². The van der Waals surface area contributed by atoms with Gasteiger partial charge in [-0.1, -0.05) is 36.7 Å². The van der Waals surface area contributed by atoms with Crippen molar-refractivity contribution in [3.63, 3.8) is 0 Å². The maximum Gasteiger partial charge on any atom is 0.101 e. The van der Waals surface area contributed by atoms with Crippen molar-refractivity contribution in [3.8, 4) is 6.07 Å². The summed E-state index contributed by atoms with van der Waals surface area (Å²) in [4.78, 5) is 2.35. The zero-order chi connectivity index (χ0) is 14.0. The van der Waals surface area contributed by atoms with Gasteiger partial charge < -0.3 is 4.90 Å². The van der Waals surface area contributed by atoms with E-state index in [1.165, 1.54) is 12.8 Å². The normalized spacial score (nSPS) is 17.3. The number of anilines is 1. The van der Waals surface area contributed by atoms with E-state index in [4.69, 9.17) is 0 Å². The molecule has 1 aliphatic rings. The third-order valence-electron chi connectivity index (χ3n) is 4.14. The summed E-state index contributed by atoms with van der Waals surface area (Å²) in [6.07, 6.45) is 2.42. The second kappa shape index (κ2) is 5.54. The zero-order valence-electron chi connectivity index (χ0n) is 11.9. The summed E-state index contributed by atoms with van der Waals surface area (Å²) in [5.41, 5.74) is 2.24. The third-order valence-corrected chi connectivity index (χ3v) is 4.63. The molecule has 1 heterocycles. The number of hydrogen-bond acceptors (Lipinski definition) is 2. The lowest BCUT2D eigenvalue weighted by atomic mass is 9.75. The van der Waals surface area contributed by atoms with Crippen molar-refractivity contribution in [2.45, 2.75) is 33.6 Å². The summed E-state index contributed by atoms with van der Waals surface area (Å²) < 4.78 is 1.04. The smallest absolute Gasteiger partial charge is 0.101 e. The van der Waals surface area contributed by atoms with Crippen molar-refractivity contribution in [1.82, 2.24) is 0 Å². The minimum Gasteiger partial charge on any atom is -0.370 e. The van der Waals surface area contributed by atoms with Gasteiger partial charge in [0, 0.05) is 17.6 Å². The number of benzene rings is 1. The van der Waals surface area contributed by atoms with Crippen molar-refractivity contribution in [2.75, 3.05) is 18.0 Å². The fourth-order valence-electron chi connectivity index (χ4n) is 2.85. The number of piperidine rings is 1. The molecule has 1 saturated heterocycles. The molecule has 0 saturated carbocycles. The lowest BCUT2D eigenvalue weighted by Crippen LogP contribution is -2.38. The SMILES string of the molecule is CC(C)(C)C1CCN(c2cc(Br)ccc2C#N)CC1. The molecule has 1 aromatic rings. The first-order valence-electron chi connectivity index (χ1n) is 6.86. The number of nitrogens with zero attached hydrogens (tertiary/aromatic N) is 2. The molecule has 0 spiro atoms. The first-order valence-corrected chi connectivity index (χ1v) is 7.65. The molecule has 1 fully saturated rings.